The number of hydrogen-bond donors (Lipinski definition) is 2. The zero-order valence-electron chi connectivity index (χ0n) is 16.3. The first kappa shape index (κ1) is 20.6. The zero-order chi connectivity index (χ0) is 20.1. The molecule has 0 bridgehead atoms. The molecular formula is C18H24N4O4S. The fourth-order valence-corrected chi connectivity index (χ4v) is 2.98. The quantitative estimate of drug-likeness (QED) is 0.752. The van der Waals surface area contributed by atoms with Crippen LogP contribution in [0, 0.1) is 13.8 Å². The summed E-state index contributed by atoms with van der Waals surface area (Å²) in [5, 5.41) is 9.93. The number of rotatable bonds is 7. The molecule has 8 nitrogen and oxygen atoms in total. The number of nitrogens with one attached hydrogen (secondary N) is 2. The van der Waals surface area contributed by atoms with E-state index in [1.54, 1.807) is 16.8 Å². The van der Waals surface area contributed by atoms with Gasteiger partial charge in [0.15, 0.2) is 11.5 Å². The number of ether oxygens (including phenoxy) is 2. The first-order valence-electron chi connectivity index (χ1n) is 8.18. The van der Waals surface area contributed by atoms with Gasteiger partial charge in [0, 0.05) is 12.6 Å². The van der Waals surface area contributed by atoms with Crippen LogP contribution in [0.2, 0.25) is 0 Å². The number of hydrogen-bond acceptors (Lipinski definition) is 6. The molecule has 0 saturated heterocycles. The van der Waals surface area contributed by atoms with E-state index < -0.39 is 0 Å². The Bertz CT molecular complexity index is 864. The first-order chi connectivity index (χ1) is 12.8. The molecule has 27 heavy (non-hydrogen) atoms. The molecule has 146 valence electrons. The third-order valence-corrected chi connectivity index (χ3v) is 4.59. The Morgan fingerprint density at radius 2 is 1.89 bits per heavy atom. The molecule has 0 spiro atoms. The number of amides is 2. The Kier molecular flexibility index (Phi) is 6.73. The first-order valence-corrected chi connectivity index (χ1v) is 9.58. The molecule has 0 aliphatic rings. The third-order valence-electron chi connectivity index (χ3n) is 4.04. The average Bonchev–Trinajstić information content (AvgIpc) is 2.87. The van der Waals surface area contributed by atoms with Crippen molar-refractivity contribution in [3.05, 3.63) is 29.1 Å². The monoisotopic (exact) mass is 392 g/mol. The van der Waals surface area contributed by atoms with Gasteiger partial charge in [0.2, 0.25) is 5.91 Å². The summed E-state index contributed by atoms with van der Waals surface area (Å²) in [6, 6.07) is 3.13. The van der Waals surface area contributed by atoms with Gasteiger partial charge in [0.1, 0.15) is 0 Å². The van der Waals surface area contributed by atoms with Crippen LogP contribution in [-0.4, -0.2) is 47.8 Å². The molecule has 0 atom stereocenters. The van der Waals surface area contributed by atoms with Gasteiger partial charge in [-0.25, -0.2) is 0 Å². The van der Waals surface area contributed by atoms with Crippen LogP contribution in [0.1, 0.15) is 21.7 Å². The van der Waals surface area contributed by atoms with Crippen molar-refractivity contribution in [2.24, 2.45) is 7.05 Å². The maximum absolute atomic E-state index is 12.8. The van der Waals surface area contributed by atoms with E-state index in [0.717, 1.165) is 11.4 Å². The van der Waals surface area contributed by atoms with E-state index in [0.29, 0.717) is 28.4 Å². The van der Waals surface area contributed by atoms with Gasteiger partial charge in [-0.1, -0.05) is 0 Å². The number of benzene rings is 1. The fraction of sp³-hybridized carbons (Fsp3) is 0.389. The van der Waals surface area contributed by atoms with Crippen LogP contribution in [0.15, 0.2) is 12.1 Å². The average molecular weight is 392 g/mol. The molecule has 9 heteroatoms. The number of aromatic nitrogens is 2. The van der Waals surface area contributed by atoms with Crippen molar-refractivity contribution in [3.8, 4) is 11.5 Å². The molecule has 0 aliphatic heterocycles. The van der Waals surface area contributed by atoms with Crippen molar-refractivity contribution >= 4 is 35.0 Å². The minimum Gasteiger partial charge on any atom is -0.493 e. The van der Waals surface area contributed by atoms with Crippen molar-refractivity contribution < 1.29 is 19.1 Å². The highest BCUT2D eigenvalue weighted by Gasteiger charge is 2.20. The predicted octanol–water partition coefficient (Wildman–Crippen LogP) is 2.61. The van der Waals surface area contributed by atoms with Crippen molar-refractivity contribution in [1.82, 2.24) is 9.78 Å². The van der Waals surface area contributed by atoms with Crippen LogP contribution in [0.4, 0.5) is 11.4 Å². The summed E-state index contributed by atoms with van der Waals surface area (Å²) in [7, 11) is 4.76. The zero-order valence-corrected chi connectivity index (χ0v) is 17.1. The lowest BCUT2D eigenvalue weighted by Crippen LogP contribution is -2.17. The summed E-state index contributed by atoms with van der Waals surface area (Å²) in [4.78, 5) is 24.8. The Morgan fingerprint density at radius 1 is 1.19 bits per heavy atom. The van der Waals surface area contributed by atoms with Gasteiger partial charge in [0.05, 0.1) is 42.7 Å². The number of carbonyl (C=O) groups excluding carboxylic acids is 2. The molecule has 0 fully saturated rings. The molecule has 2 aromatic rings. The molecule has 2 rings (SSSR count). The molecule has 1 aromatic carbocycles. The van der Waals surface area contributed by atoms with E-state index in [-0.39, 0.29) is 17.6 Å². The largest absolute Gasteiger partial charge is 0.493 e. The van der Waals surface area contributed by atoms with E-state index >= 15 is 0 Å². The summed E-state index contributed by atoms with van der Waals surface area (Å²) >= 11 is 1.40. The van der Waals surface area contributed by atoms with E-state index in [4.69, 9.17) is 9.47 Å². The number of aryl methyl sites for hydroxylation is 2. The van der Waals surface area contributed by atoms with E-state index in [1.165, 1.54) is 26.0 Å². The molecule has 2 amide bonds. The van der Waals surface area contributed by atoms with Crippen molar-refractivity contribution in [3.63, 3.8) is 0 Å². The van der Waals surface area contributed by atoms with Crippen LogP contribution < -0.4 is 20.1 Å². The van der Waals surface area contributed by atoms with Crippen molar-refractivity contribution in [1.29, 1.82) is 0 Å². The molecule has 0 saturated carbocycles. The van der Waals surface area contributed by atoms with Gasteiger partial charge in [-0.3, -0.25) is 14.3 Å². The third kappa shape index (κ3) is 4.54. The molecule has 0 unspecified atom stereocenters. The summed E-state index contributed by atoms with van der Waals surface area (Å²) in [5.74, 6) is 0.465. The van der Waals surface area contributed by atoms with Crippen LogP contribution in [0.3, 0.4) is 0 Å². The second-order valence-electron chi connectivity index (χ2n) is 5.86. The molecule has 1 aromatic heterocycles. The number of carbonyl (C=O) groups is 2. The molecule has 1 heterocycles. The van der Waals surface area contributed by atoms with Gasteiger partial charge in [0.25, 0.3) is 5.91 Å². The van der Waals surface area contributed by atoms with Crippen LogP contribution in [0.5, 0.6) is 11.5 Å². The molecule has 0 aliphatic carbocycles. The SMILES string of the molecule is COc1cc(C(=O)Nc2c(C)nn(C)c2C)cc(NC(=O)CSC)c1OC. The van der Waals surface area contributed by atoms with E-state index in [9.17, 15) is 9.59 Å². The second kappa shape index (κ2) is 8.81. The highest BCUT2D eigenvalue weighted by Crippen LogP contribution is 2.37. The second-order valence-corrected chi connectivity index (χ2v) is 6.73. The lowest BCUT2D eigenvalue weighted by Gasteiger charge is -2.16. The Hall–Kier alpha value is -2.68. The van der Waals surface area contributed by atoms with Crippen LogP contribution >= 0.6 is 11.8 Å². The predicted molar refractivity (Wildman–Crippen MR) is 107 cm³/mol. The maximum atomic E-state index is 12.8. The smallest absolute Gasteiger partial charge is 0.255 e. The summed E-state index contributed by atoms with van der Waals surface area (Å²) in [6.45, 7) is 3.70. The van der Waals surface area contributed by atoms with Crippen LogP contribution in [-0.2, 0) is 11.8 Å². The van der Waals surface area contributed by atoms with E-state index in [2.05, 4.69) is 15.7 Å². The highest BCUT2D eigenvalue weighted by atomic mass is 32.2. The Balaban J connectivity index is 2.40. The molecule has 0 radical (unpaired) electrons. The van der Waals surface area contributed by atoms with Gasteiger partial charge in [-0.2, -0.15) is 16.9 Å². The van der Waals surface area contributed by atoms with Crippen LogP contribution in [0.25, 0.3) is 0 Å². The maximum Gasteiger partial charge on any atom is 0.255 e. The Morgan fingerprint density at radius 3 is 2.41 bits per heavy atom. The minimum atomic E-state index is -0.337. The number of anilines is 2. The normalized spacial score (nSPS) is 10.4. The molecular weight excluding hydrogens is 368 g/mol. The van der Waals surface area contributed by atoms with Gasteiger partial charge in [-0.05, 0) is 32.2 Å². The lowest BCUT2D eigenvalue weighted by molar-refractivity contribution is -0.113. The fourth-order valence-electron chi connectivity index (χ4n) is 2.65. The standard InChI is InChI=1S/C18H24N4O4S/c1-10-16(11(2)22(3)21-10)20-18(24)12-7-13(19-15(23)9-27-6)17(26-5)14(8-12)25-4/h7-8H,9H2,1-6H3,(H,19,23)(H,20,24). The lowest BCUT2D eigenvalue weighted by atomic mass is 10.1. The van der Waals surface area contributed by atoms with Crippen molar-refractivity contribution in [2.45, 2.75) is 13.8 Å². The number of methoxy groups -OCH3 is 2. The van der Waals surface area contributed by atoms with Crippen molar-refractivity contribution in [2.75, 3.05) is 36.9 Å². The minimum absolute atomic E-state index is 0.195. The van der Waals surface area contributed by atoms with E-state index in [1.807, 2.05) is 27.2 Å². The van der Waals surface area contributed by atoms with Gasteiger partial charge in [-0.15, -0.1) is 0 Å². The molecule has 2 N–H and O–H groups in total. The Labute approximate surface area is 162 Å². The summed E-state index contributed by atoms with van der Waals surface area (Å²) in [5.41, 5.74) is 2.92. The topological polar surface area (TPSA) is 94.5 Å². The van der Waals surface area contributed by atoms with Gasteiger partial charge >= 0.3 is 0 Å². The summed E-state index contributed by atoms with van der Waals surface area (Å²) < 4.78 is 12.4. The highest BCUT2D eigenvalue weighted by molar-refractivity contribution is 7.99. The summed E-state index contributed by atoms with van der Waals surface area (Å²) in [6.07, 6.45) is 1.83. The number of thioether (sulfide) groups is 1. The van der Waals surface area contributed by atoms with Gasteiger partial charge < -0.3 is 20.1 Å². The number of nitrogens with zero attached hydrogens (tertiary/aromatic N) is 2.